The van der Waals surface area contributed by atoms with Crippen LogP contribution in [0, 0.1) is 5.82 Å². The van der Waals surface area contributed by atoms with Crippen LogP contribution in [0.2, 0.25) is 0 Å². The summed E-state index contributed by atoms with van der Waals surface area (Å²) in [7, 11) is 0. The van der Waals surface area contributed by atoms with Gasteiger partial charge in [0.2, 0.25) is 0 Å². The first-order valence-corrected chi connectivity index (χ1v) is 11.3. The minimum Gasteiger partial charge on any atom is -0.424 e. The second-order valence-corrected chi connectivity index (χ2v) is 8.50. The van der Waals surface area contributed by atoms with Crippen LogP contribution >= 0.6 is 0 Å². The van der Waals surface area contributed by atoms with E-state index in [9.17, 15) is 22.4 Å². The van der Waals surface area contributed by atoms with Crippen LogP contribution in [0.3, 0.4) is 0 Å². The fourth-order valence-corrected chi connectivity index (χ4v) is 3.55. The summed E-state index contributed by atoms with van der Waals surface area (Å²) >= 11 is 0. The normalized spacial score (nSPS) is 11.3. The average molecular weight is 526 g/mol. The van der Waals surface area contributed by atoms with E-state index in [0.717, 1.165) is 18.3 Å². The Morgan fingerprint density at radius 2 is 1.63 bits per heavy atom. The third-order valence-electron chi connectivity index (χ3n) is 5.40. The largest absolute Gasteiger partial charge is 0.424 e. The maximum absolute atomic E-state index is 13.5. The van der Waals surface area contributed by atoms with Crippen molar-refractivity contribution in [1.29, 1.82) is 0 Å². The zero-order valence-corrected chi connectivity index (χ0v) is 20.2. The number of aromatic nitrogens is 3. The topological polar surface area (TPSA) is 115 Å². The number of ether oxygens (including phenoxy) is 1. The van der Waals surface area contributed by atoms with Crippen LogP contribution in [0.25, 0.3) is 11.1 Å². The number of nitrogens with zero attached hydrogens (tertiary/aromatic N) is 3. The van der Waals surface area contributed by atoms with Crippen molar-refractivity contribution in [2.45, 2.75) is 25.9 Å². The second kappa shape index (κ2) is 10.7. The molecule has 2 amide bonds. The zero-order chi connectivity index (χ0) is 27.4. The van der Waals surface area contributed by atoms with Crippen LogP contribution < -0.4 is 21.1 Å². The maximum Gasteiger partial charge on any atom is 0.416 e. The molecule has 0 radical (unpaired) electrons. The minimum absolute atomic E-state index is 0.0179. The summed E-state index contributed by atoms with van der Waals surface area (Å²) in [6, 6.07) is 10.3. The van der Waals surface area contributed by atoms with E-state index in [4.69, 9.17) is 10.5 Å². The van der Waals surface area contributed by atoms with Crippen LogP contribution in [-0.2, 0) is 6.18 Å². The summed E-state index contributed by atoms with van der Waals surface area (Å²) in [5, 5.41) is 4.94. The Hall–Kier alpha value is -4.74. The summed E-state index contributed by atoms with van der Waals surface area (Å²) in [4.78, 5) is 24.3. The monoisotopic (exact) mass is 526 g/mol. The molecule has 4 rings (SSSR count). The van der Waals surface area contributed by atoms with Crippen LogP contribution in [-0.4, -0.2) is 21.0 Å². The highest BCUT2D eigenvalue weighted by molar-refractivity contribution is 6.00. The number of hydrogen-bond acceptors (Lipinski definition) is 6. The Bertz CT molecular complexity index is 1440. The Morgan fingerprint density at radius 3 is 2.26 bits per heavy atom. The zero-order valence-electron chi connectivity index (χ0n) is 20.2. The molecule has 0 atom stereocenters. The molecule has 0 bridgehead atoms. The number of urea groups is 1. The van der Waals surface area contributed by atoms with E-state index >= 15 is 0 Å². The third kappa shape index (κ3) is 6.33. The number of anilines is 3. The van der Waals surface area contributed by atoms with Gasteiger partial charge in [-0.3, -0.25) is 0 Å². The fraction of sp³-hybridized carbons (Fsp3) is 0.154. The molecule has 0 unspecified atom stereocenters. The SMILES string of the molecule is CC(C)c1ccc(C(F)(F)F)cc1NC(=O)Nc1cnc(Oc2ccc(-c3cc(F)cnc3N)cc2)nc1. The molecule has 12 heteroatoms. The molecule has 196 valence electrons. The highest BCUT2D eigenvalue weighted by atomic mass is 19.4. The summed E-state index contributed by atoms with van der Waals surface area (Å²) in [6.45, 7) is 3.61. The van der Waals surface area contributed by atoms with Gasteiger partial charge in [0, 0.05) is 11.3 Å². The van der Waals surface area contributed by atoms with Crippen molar-refractivity contribution in [2.24, 2.45) is 0 Å². The number of benzene rings is 2. The minimum atomic E-state index is -4.55. The molecule has 4 aromatic rings. The predicted molar refractivity (Wildman–Crippen MR) is 134 cm³/mol. The van der Waals surface area contributed by atoms with Gasteiger partial charge >= 0.3 is 18.2 Å². The van der Waals surface area contributed by atoms with E-state index in [1.807, 2.05) is 0 Å². The fourth-order valence-electron chi connectivity index (χ4n) is 3.55. The molecule has 8 nitrogen and oxygen atoms in total. The number of nitrogens with two attached hydrogens (primary N) is 1. The second-order valence-electron chi connectivity index (χ2n) is 8.50. The molecule has 38 heavy (non-hydrogen) atoms. The molecule has 2 aromatic carbocycles. The molecule has 2 aromatic heterocycles. The van der Waals surface area contributed by atoms with Crippen molar-refractivity contribution >= 4 is 23.2 Å². The number of carbonyl (C=O) groups excluding carboxylic acids is 1. The highest BCUT2D eigenvalue weighted by Crippen LogP contribution is 2.34. The maximum atomic E-state index is 13.5. The predicted octanol–water partition coefficient (Wildman–Crippen LogP) is 6.84. The summed E-state index contributed by atoms with van der Waals surface area (Å²) in [5.41, 5.74) is 6.80. The molecule has 0 spiro atoms. The smallest absolute Gasteiger partial charge is 0.416 e. The van der Waals surface area contributed by atoms with E-state index < -0.39 is 23.6 Å². The lowest BCUT2D eigenvalue weighted by Gasteiger charge is -2.17. The molecule has 0 aliphatic heterocycles. The van der Waals surface area contributed by atoms with Crippen LogP contribution in [0.5, 0.6) is 11.8 Å². The van der Waals surface area contributed by atoms with E-state index in [1.54, 1.807) is 38.1 Å². The van der Waals surface area contributed by atoms with Gasteiger partial charge < -0.3 is 21.1 Å². The number of rotatable bonds is 6. The van der Waals surface area contributed by atoms with Crippen molar-refractivity contribution in [1.82, 2.24) is 15.0 Å². The quantitative estimate of drug-likeness (QED) is 0.237. The number of nitrogens with one attached hydrogen (secondary N) is 2. The van der Waals surface area contributed by atoms with Crippen molar-refractivity contribution in [2.75, 3.05) is 16.4 Å². The molecule has 0 fully saturated rings. The van der Waals surface area contributed by atoms with Gasteiger partial charge in [-0.15, -0.1) is 0 Å². The van der Waals surface area contributed by atoms with Gasteiger partial charge in [-0.2, -0.15) is 13.2 Å². The standard InChI is InChI=1S/C26H22F4N6O2/c1-14(2)20-8-5-16(26(28,29)30)9-22(20)36-24(37)35-18-12-33-25(34-13-18)38-19-6-3-15(4-7-19)21-10-17(27)11-32-23(21)31/h3-14H,1-2H3,(H2,31,32)(H2,35,36,37). The van der Waals surface area contributed by atoms with Crippen molar-refractivity contribution in [3.8, 4) is 22.9 Å². The molecule has 4 N–H and O–H groups in total. The lowest BCUT2D eigenvalue weighted by molar-refractivity contribution is -0.137. The number of pyridine rings is 1. The van der Waals surface area contributed by atoms with Gasteiger partial charge in [-0.1, -0.05) is 32.0 Å². The Morgan fingerprint density at radius 1 is 0.947 bits per heavy atom. The number of carbonyl (C=O) groups is 1. The number of amides is 2. The number of nitrogen functional groups attached to an aromatic ring is 1. The van der Waals surface area contributed by atoms with E-state index in [-0.39, 0.29) is 29.1 Å². The molecule has 0 saturated carbocycles. The first kappa shape index (κ1) is 26.3. The van der Waals surface area contributed by atoms with E-state index in [2.05, 4.69) is 25.6 Å². The summed E-state index contributed by atoms with van der Waals surface area (Å²) in [6.07, 6.45) is -0.948. The molecule has 0 saturated heterocycles. The van der Waals surface area contributed by atoms with E-state index in [0.29, 0.717) is 22.4 Å². The summed E-state index contributed by atoms with van der Waals surface area (Å²) in [5.74, 6) is -0.0605. The first-order valence-electron chi connectivity index (χ1n) is 11.3. The van der Waals surface area contributed by atoms with Gasteiger partial charge in [0.05, 0.1) is 29.8 Å². The van der Waals surface area contributed by atoms with Crippen molar-refractivity contribution in [3.05, 3.63) is 84.1 Å². The Labute approximate surface area is 214 Å². The van der Waals surface area contributed by atoms with Gasteiger partial charge in [0.1, 0.15) is 17.4 Å². The van der Waals surface area contributed by atoms with Gasteiger partial charge in [0.25, 0.3) is 0 Å². The Balaban J connectivity index is 1.40. The highest BCUT2D eigenvalue weighted by Gasteiger charge is 2.31. The summed E-state index contributed by atoms with van der Waals surface area (Å²) < 4.78 is 58.5. The number of halogens is 4. The van der Waals surface area contributed by atoms with Crippen molar-refractivity contribution in [3.63, 3.8) is 0 Å². The van der Waals surface area contributed by atoms with Crippen LogP contribution in [0.4, 0.5) is 39.5 Å². The van der Waals surface area contributed by atoms with Crippen LogP contribution in [0.15, 0.2) is 67.1 Å². The van der Waals surface area contributed by atoms with Gasteiger partial charge in [0.15, 0.2) is 0 Å². The average Bonchev–Trinajstić information content (AvgIpc) is 2.86. The molecule has 0 aliphatic carbocycles. The third-order valence-corrected chi connectivity index (χ3v) is 5.40. The number of hydrogen-bond donors (Lipinski definition) is 3. The molecular weight excluding hydrogens is 504 g/mol. The Kier molecular flexibility index (Phi) is 7.42. The first-order chi connectivity index (χ1) is 18.0. The number of alkyl halides is 3. The lowest BCUT2D eigenvalue weighted by atomic mass is 9.99. The van der Waals surface area contributed by atoms with E-state index in [1.165, 1.54) is 24.5 Å². The lowest BCUT2D eigenvalue weighted by Crippen LogP contribution is -2.21. The van der Waals surface area contributed by atoms with Gasteiger partial charge in [-0.25, -0.2) is 24.1 Å². The molecule has 0 aliphatic rings. The van der Waals surface area contributed by atoms with Crippen molar-refractivity contribution < 1.29 is 27.1 Å². The van der Waals surface area contributed by atoms with Crippen LogP contribution in [0.1, 0.15) is 30.9 Å². The molecular formula is C26H22F4N6O2. The molecule has 2 heterocycles. The van der Waals surface area contributed by atoms with Gasteiger partial charge in [-0.05, 0) is 47.4 Å².